The number of morpholine rings is 1. The standard InChI is InChI=1S/C17H23ClN2O3/c1-4-20-11-17(2,3)23-16(22)14(20)9-15(21)19-10-12-6-5-7-13(18)8-12/h5-8,14H,4,9-11H2,1-3H3,(H,19,21). The molecule has 0 saturated carbocycles. The number of rotatable bonds is 5. The first-order valence-corrected chi connectivity index (χ1v) is 8.16. The Labute approximate surface area is 141 Å². The summed E-state index contributed by atoms with van der Waals surface area (Å²) < 4.78 is 5.42. The zero-order valence-electron chi connectivity index (χ0n) is 13.8. The number of ether oxygens (including phenoxy) is 1. The van der Waals surface area contributed by atoms with Crippen LogP contribution in [0.1, 0.15) is 32.8 Å². The van der Waals surface area contributed by atoms with E-state index >= 15 is 0 Å². The van der Waals surface area contributed by atoms with E-state index in [4.69, 9.17) is 16.3 Å². The number of likely N-dealkylation sites (N-methyl/N-ethyl adjacent to an activating group) is 1. The molecule has 0 radical (unpaired) electrons. The fourth-order valence-electron chi connectivity index (χ4n) is 2.76. The van der Waals surface area contributed by atoms with E-state index in [-0.39, 0.29) is 18.3 Å². The van der Waals surface area contributed by atoms with Crippen LogP contribution in [-0.4, -0.2) is 41.5 Å². The molecule has 0 aliphatic carbocycles. The lowest BCUT2D eigenvalue weighted by atomic mass is 10.0. The molecular formula is C17H23ClN2O3. The maximum absolute atomic E-state index is 12.2. The Balaban J connectivity index is 1.92. The van der Waals surface area contributed by atoms with Gasteiger partial charge in [0.15, 0.2) is 0 Å². The molecule has 1 aromatic carbocycles. The second-order valence-electron chi connectivity index (χ2n) is 6.37. The average molecular weight is 339 g/mol. The van der Waals surface area contributed by atoms with Crippen LogP contribution in [0.15, 0.2) is 24.3 Å². The van der Waals surface area contributed by atoms with Crippen molar-refractivity contribution in [2.45, 2.75) is 45.4 Å². The van der Waals surface area contributed by atoms with Crippen molar-refractivity contribution in [1.82, 2.24) is 10.2 Å². The lowest BCUT2D eigenvalue weighted by molar-refractivity contribution is -0.178. The van der Waals surface area contributed by atoms with Gasteiger partial charge in [0.25, 0.3) is 0 Å². The molecule has 23 heavy (non-hydrogen) atoms. The molecule has 1 amide bonds. The summed E-state index contributed by atoms with van der Waals surface area (Å²) in [6.45, 7) is 7.45. The van der Waals surface area contributed by atoms with Crippen molar-refractivity contribution in [1.29, 1.82) is 0 Å². The smallest absolute Gasteiger partial charge is 0.324 e. The number of amides is 1. The minimum Gasteiger partial charge on any atom is -0.457 e. The number of hydrogen-bond donors (Lipinski definition) is 1. The number of benzene rings is 1. The summed E-state index contributed by atoms with van der Waals surface area (Å²) in [4.78, 5) is 26.3. The number of nitrogens with zero attached hydrogens (tertiary/aromatic N) is 1. The SMILES string of the molecule is CCN1CC(C)(C)OC(=O)C1CC(=O)NCc1cccc(Cl)c1. The fraction of sp³-hybridized carbons (Fsp3) is 0.529. The van der Waals surface area contributed by atoms with E-state index < -0.39 is 11.6 Å². The van der Waals surface area contributed by atoms with Crippen molar-refractivity contribution < 1.29 is 14.3 Å². The summed E-state index contributed by atoms with van der Waals surface area (Å²) in [6.07, 6.45) is 0.101. The van der Waals surface area contributed by atoms with Gasteiger partial charge in [0.1, 0.15) is 11.6 Å². The number of esters is 1. The molecule has 1 unspecified atom stereocenters. The minimum atomic E-state index is -0.521. The van der Waals surface area contributed by atoms with Crippen LogP contribution in [0.5, 0.6) is 0 Å². The molecule has 2 rings (SSSR count). The first kappa shape index (κ1) is 17.8. The highest BCUT2D eigenvalue weighted by Crippen LogP contribution is 2.23. The van der Waals surface area contributed by atoms with Gasteiger partial charge >= 0.3 is 5.97 Å². The van der Waals surface area contributed by atoms with E-state index in [0.717, 1.165) is 5.56 Å². The van der Waals surface area contributed by atoms with Gasteiger partial charge in [0, 0.05) is 18.1 Å². The van der Waals surface area contributed by atoms with Crippen molar-refractivity contribution in [3.05, 3.63) is 34.9 Å². The molecular weight excluding hydrogens is 316 g/mol. The zero-order chi connectivity index (χ0) is 17.0. The average Bonchev–Trinajstić information content (AvgIpc) is 2.47. The van der Waals surface area contributed by atoms with E-state index in [1.165, 1.54) is 0 Å². The van der Waals surface area contributed by atoms with Crippen molar-refractivity contribution in [2.24, 2.45) is 0 Å². The van der Waals surface area contributed by atoms with Crippen molar-refractivity contribution in [2.75, 3.05) is 13.1 Å². The van der Waals surface area contributed by atoms with E-state index in [0.29, 0.717) is 24.7 Å². The molecule has 5 nitrogen and oxygen atoms in total. The zero-order valence-corrected chi connectivity index (χ0v) is 14.5. The largest absolute Gasteiger partial charge is 0.457 e. The Morgan fingerprint density at radius 3 is 2.87 bits per heavy atom. The van der Waals surface area contributed by atoms with Gasteiger partial charge in [-0.3, -0.25) is 14.5 Å². The summed E-state index contributed by atoms with van der Waals surface area (Å²) >= 11 is 5.92. The number of carbonyl (C=O) groups is 2. The lowest BCUT2D eigenvalue weighted by Crippen LogP contribution is -2.57. The van der Waals surface area contributed by atoms with Crippen LogP contribution in [0.25, 0.3) is 0 Å². The maximum atomic E-state index is 12.2. The van der Waals surface area contributed by atoms with Crippen molar-refractivity contribution in [3.8, 4) is 0 Å². The van der Waals surface area contributed by atoms with Gasteiger partial charge in [0.2, 0.25) is 5.91 Å². The van der Waals surface area contributed by atoms with Crippen molar-refractivity contribution >= 4 is 23.5 Å². The highest BCUT2D eigenvalue weighted by molar-refractivity contribution is 6.30. The molecule has 0 spiro atoms. The molecule has 1 atom stereocenters. The van der Waals surface area contributed by atoms with E-state index in [1.54, 1.807) is 12.1 Å². The predicted octanol–water partition coefficient (Wildman–Crippen LogP) is 2.37. The summed E-state index contributed by atoms with van der Waals surface area (Å²) in [5.74, 6) is -0.508. The molecule has 1 N–H and O–H groups in total. The quantitative estimate of drug-likeness (QED) is 0.837. The highest BCUT2D eigenvalue weighted by atomic mass is 35.5. The van der Waals surface area contributed by atoms with Crippen LogP contribution >= 0.6 is 11.6 Å². The Morgan fingerprint density at radius 2 is 2.22 bits per heavy atom. The van der Waals surface area contributed by atoms with Crippen LogP contribution < -0.4 is 5.32 Å². The first-order valence-electron chi connectivity index (χ1n) is 7.79. The van der Waals surface area contributed by atoms with Gasteiger partial charge in [-0.15, -0.1) is 0 Å². The van der Waals surface area contributed by atoms with Crippen LogP contribution in [0.4, 0.5) is 0 Å². The molecule has 1 aliphatic rings. The normalized spacial score (nSPS) is 20.9. The third kappa shape index (κ3) is 4.94. The summed E-state index contributed by atoms with van der Waals surface area (Å²) in [6, 6.07) is 6.79. The Hall–Kier alpha value is -1.59. The van der Waals surface area contributed by atoms with Crippen LogP contribution in [-0.2, 0) is 20.9 Å². The van der Waals surface area contributed by atoms with E-state index in [1.807, 2.05) is 37.8 Å². The van der Waals surface area contributed by atoms with Crippen LogP contribution in [0.2, 0.25) is 5.02 Å². The van der Waals surface area contributed by atoms with Crippen LogP contribution in [0.3, 0.4) is 0 Å². The summed E-state index contributed by atoms with van der Waals surface area (Å²) in [5.41, 5.74) is 0.409. The van der Waals surface area contributed by atoms with Gasteiger partial charge in [-0.05, 0) is 38.1 Å². The van der Waals surface area contributed by atoms with Gasteiger partial charge in [-0.25, -0.2) is 0 Å². The summed E-state index contributed by atoms with van der Waals surface area (Å²) in [5, 5.41) is 3.46. The second kappa shape index (κ2) is 7.32. The number of carbonyl (C=O) groups excluding carboxylic acids is 2. The molecule has 1 aromatic rings. The maximum Gasteiger partial charge on any atom is 0.324 e. The number of hydrogen-bond acceptors (Lipinski definition) is 4. The molecule has 1 fully saturated rings. The molecule has 1 saturated heterocycles. The Kier molecular flexibility index (Phi) is 5.65. The van der Waals surface area contributed by atoms with Crippen LogP contribution in [0, 0.1) is 0 Å². The number of cyclic esters (lactones) is 1. The first-order chi connectivity index (χ1) is 10.8. The van der Waals surface area contributed by atoms with Gasteiger partial charge in [-0.2, -0.15) is 0 Å². The van der Waals surface area contributed by atoms with Crippen molar-refractivity contribution in [3.63, 3.8) is 0 Å². The molecule has 1 heterocycles. The van der Waals surface area contributed by atoms with E-state index in [9.17, 15) is 9.59 Å². The number of halogens is 1. The lowest BCUT2D eigenvalue weighted by Gasteiger charge is -2.41. The second-order valence-corrected chi connectivity index (χ2v) is 6.81. The molecule has 6 heteroatoms. The van der Waals surface area contributed by atoms with Gasteiger partial charge in [0.05, 0.1) is 6.42 Å². The third-order valence-electron chi connectivity index (χ3n) is 3.84. The number of nitrogens with one attached hydrogen (secondary N) is 1. The van der Waals surface area contributed by atoms with Gasteiger partial charge < -0.3 is 10.1 Å². The molecule has 1 aliphatic heterocycles. The molecule has 0 aromatic heterocycles. The molecule has 126 valence electrons. The monoisotopic (exact) mass is 338 g/mol. The highest BCUT2D eigenvalue weighted by Gasteiger charge is 2.40. The topological polar surface area (TPSA) is 58.6 Å². The predicted molar refractivity (Wildman–Crippen MR) is 89.1 cm³/mol. The molecule has 0 bridgehead atoms. The van der Waals surface area contributed by atoms with Gasteiger partial charge in [-0.1, -0.05) is 30.7 Å². The Morgan fingerprint density at radius 1 is 1.48 bits per heavy atom. The fourth-order valence-corrected chi connectivity index (χ4v) is 2.97. The minimum absolute atomic E-state index is 0.101. The van der Waals surface area contributed by atoms with E-state index in [2.05, 4.69) is 5.32 Å². The Bertz CT molecular complexity index is 589. The summed E-state index contributed by atoms with van der Waals surface area (Å²) in [7, 11) is 0. The third-order valence-corrected chi connectivity index (χ3v) is 4.07.